The second kappa shape index (κ2) is 7.45. The highest BCUT2D eigenvalue weighted by atomic mass is 32.2. The van der Waals surface area contributed by atoms with Crippen LogP contribution in [0.15, 0.2) is 29.2 Å². The monoisotopic (exact) mass is 338 g/mol. The van der Waals surface area contributed by atoms with Crippen molar-refractivity contribution < 1.29 is 13.2 Å². The van der Waals surface area contributed by atoms with Crippen LogP contribution in [-0.2, 0) is 10.0 Å². The Morgan fingerprint density at radius 1 is 1.35 bits per heavy atom. The summed E-state index contributed by atoms with van der Waals surface area (Å²) in [5.74, 6) is -0.247. The molecule has 0 bridgehead atoms. The van der Waals surface area contributed by atoms with Crippen LogP contribution in [0.25, 0.3) is 0 Å². The van der Waals surface area contributed by atoms with Crippen LogP contribution in [0.1, 0.15) is 56.8 Å². The smallest absolute Gasteiger partial charge is 0.251 e. The minimum absolute atomic E-state index is 0.00864. The molecule has 1 N–H and O–H groups in total. The van der Waals surface area contributed by atoms with Gasteiger partial charge in [-0.15, -0.1) is 0 Å². The molecule has 1 heterocycles. The molecule has 0 radical (unpaired) electrons. The molecule has 1 saturated heterocycles. The van der Waals surface area contributed by atoms with Gasteiger partial charge in [-0.05, 0) is 51.3 Å². The van der Waals surface area contributed by atoms with Crippen LogP contribution in [-0.4, -0.2) is 37.3 Å². The lowest BCUT2D eigenvalue weighted by Gasteiger charge is -2.34. The van der Waals surface area contributed by atoms with Gasteiger partial charge in [0.25, 0.3) is 5.91 Å². The minimum atomic E-state index is -3.55. The van der Waals surface area contributed by atoms with E-state index in [-0.39, 0.29) is 22.9 Å². The number of amides is 1. The largest absolute Gasteiger partial charge is 0.350 e. The summed E-state index contributed by atoms with van der Waals surface area (Å²) < 4.78 is 27.5. The van der Waals surface area contributed by atoms with Gasteiger partial charge in [0.2, 0.25) is 10.0 Å². The molecule has 1 amide bonds. The zero-order valence-electron chi connectivity index (χ0n) is 14.1. The predicted octanol–water partition coefficient (Wildman–Crippen LogP) is 2.78. The van der Waals surface area contributed by atoms with Crippen molar-refractivity contribution in [3.8, 4) is 0 Å². The molecule has 6 heteroatoms. The molecule has 1 aliphatic rings. The molecule has 1 aliphatic heterocycles. The van der Waals surface area contributed by atoms with Gasteiger partial charge in [-0.1, -0.05) is 19.4 Å². The third-order valence-electron chi connectivity index (χ3n) is 4.17. The molecule has 5 nitrogen and oxygen atoms in total. The van der Waals surface area contributed by atoms with Crippen LogP contribution in [0.5, 0.6) is 0 Å². The second-order valence-corrected chi connectivity index (χ2v) is 8.22. The van der Waals surface area contributed by atoms with Crippen molar-refractivity contribution in [1.29, 1.82) is 0 Å². The van der Waals surface area contributed by atoms with Gasteiger partial charge in [0, 0.05) is 24.2 Å². The summed E-state index contributed by atoms with van der Waals surface area (Å²) >= 11 is 0. The Kier molecular flexibility index (Phi) is 5.81. The fourth-order valence-electron chi connectivity index (χ4n) is 2.98. The average Bonchev–Trinajstić information content (AvgIpc) is 2.54. The molecular formula is C17H26N2O3S. The molecule has 0 saturated carbocycles. The quantitative estimate of drug-likeness (QED) is 0.898. The Balaban J connectivity index is 2.31. The van der Waals surface area contributed by atoms with E-state index in [1.807, 2.05) is 20.8 Å². The first-order valence-corrected chi connectivity index (χ1v) is 9.73. The summed E-state index contributed by atoms with van der Waals surface area (Å²) in [7, 11) is -3.55. The molecule has 1 aromatic carbocycles. The molecule has 1 atom stereocenters. The van der Waals surface area contributed by atoms with Gasteiger partial charge in [-0.2, -0.15) is 4.31 Å². The second-order valence-electron chi connectivity index (χ2n) is 6.33. The van der Waals surface area contributed by atoms with Crippen molar-refractivity contribution in [2.75, 3.05) is 6.54 Å². The number of hydrogen-bond donors (Lipinski definition) is 1. The van der Waals surface area contributed by atoms with E-state index in [1.165, 1.54) is 6.07 Å². The van der Waals surface area contributed by atoms with Gasteiger partial charge in [0.15, 0.2) is 0 Å². The third-order valence-corrected chi connectivity index (χ3v) is 6.11. The molecule has 1 fully saturated rings. The van der Waals surface area contributed by atoms with Crippen LogP contribution in [0.2, 0.25) is 0 Å². The molecule has 1 aromatic rings. The Morgan fingerprint density at radius 3 is 2.74 bits per heavy atom. The van der Waals surface area contributed by atoms with Crippen molar-refractivity contribution in [2.45, 2.75) is 63.4 Å². The minimum Gasteiger partial charge on any atom is -0.350 e. The average molecular weight is 338 g/mol. The standard InChI is InChI=1S/C17H26N2O3S/c1-4-15-9-5-6-11-19(15)23(21,22)16-10-7-8-14(12-16)17(20)18-13(2)3/h7-8,10,12-13,15H,4-6,9,11H2,1-3H3,(H,18,20). The van der Waals surface area contributed by atoms with Gasteiger partial charge < -0.3 is 5.32 Å². The Bertz CT molecular complexity index is 656. The number of nitrogens with zero attached hydrogens (tertiary/aromatic N) is 1. The first-order valence-electron chi connectivity index (χ1n) is 8.29. The van der Waals surface area contributed by atoms with Crippen molar-refractivity contribution in [3.63, 3.8) is 0 Å². The summed E-state index contributed by atoms with van der Waals surface area (Å²) in [4.78, 5) is 12.3. The number of sulfonamides is 1. The zero-order valence-corrected chi connectivity index (χ0v) is 14.9. The topological polar surface area (TPSA) is 66.5 Å². The highest BCUT2D eigenvalue weighted by Gasteiger charge is 2.32. The van der Waals surface area contributed by atoms with Crippen molar-refractivity contribution in [1.82, 2.24) is 9.62 Å². The number of benzene rings is 1. The first-order chi connectivity index (χ1) is 10.9. The summed E-state index contributed by atoms with van der Waals surface area (Å²) in [6.45, 7) is 6.32. The Hall–Kier alpha value is -1.40. The van der Waals surface area contributed by atoms with Gasteiger partial charge in [0.1, 0.15) is 0 Å². The number of hydrogen-bond acceptors (Lipinski definition) is 3. The normalized spacial score (nSPS) is 19.7. The highest BCUT2D eigenvalue weighted by molar-refractivity contribution is 7.89. The van der Waals surface area contributed by atoms with Crippen molar-refractivity contribution >= 4 is 15.9 Å². The lowest BCUT2D eigenvalue weighted by Crippen LogP contribution is -2.43. The fourth-order valence-corrected chi connectivity index (χ4v) is 4.79. The van der Waals surface area contributed by atoms with Gasteiger partial charge >= 0.3 is 0 Å². The molecule has 128 valence electrons. The van der Waals surface area contributed by atoms with Crippen molar-refractivity contribution in [3.05, 3.63) is 29.8 Å². The molecule has 2 rings (SSSR count). The van der Waals surface area contributed by atoms with Crippen LogP contribution in [0.3, 0.4) is 0 Å². The van der Waals surface area contributed by atoms with E-state index in [9.17, 15) is 13.2 Å². The van der Waals surface area contributed by atoms with Crippen LogP contribution in [0, 0.1) is 0 Å². The lowest BCUT2D eigenvalue weighted by atomic mass is 10.0. The predicted molar refractivity (Wildman–Crippen MR) is 90.9 cm³/mol. The fraction of sp³-hybridized carbons (Fsp3) is 0.588. The molecule has 23 heavy (non-hydrogen) atoms. The maximum Gasteiger partial charge on any atom is 0.251 e. The van der Waals surface area contributed by atoms with E-state index in [4.69, 9.17) is 0 Å². The van der Waals surface area contributed by atoms with Gasteiger partial charge in [-0.25, -0.2) is 8.42 Å². The van der Waals surface area contributed by atoms with Crippen LogP contribution >= 0.6 is 0 Å². The SMILES string of the molecule is CCC1CCCCN1S(=O)(=O)c1cccc(C(=O)NC(C)C)c1. The van der Waals surface area contributed by atoms with E-state index in [0.29, 0.717) is 12.1 Å². The van der Waals surface area contributed by atoms with E-state index in [0.717, 1.165) is 25.7 Å². The van der Waals surface area contributed by atoms with Crippen molar-refractivity contribution in [2.24, 2.45) is 0 Å². The van der Waals surface area contributed by atoms with Crippen LogP contribution < -0.4 is 5.32 Å². The Morgan fingerprint density at radius 2 is 2.09 bits per heavy atom. The third kappa shape index (κ3) is 4.12. The van der Waals surface area contributed by atoms with Crippen LogP contribution in [0.4, 0.5) is 0 Å². The van der Waals surface area contributed by atoms with Gasteiger partial charge in [-0.3, -0.25) is 4.79 Å². The van der Waals surface area contributed by atoms with E-state index >= 15 is 0 Å². The number of carbonyl (C=O) groups is 1. The molecule has 0 aliphatic carbocycles. The number of carbonyl (C=O) groups excluding carboxylic acids is 1. The maximum absolute atomic E-state index is 12.9. The lowest BCUT2D eigenvalue weighted by molar-refractivity contribution is 0.0943. The number of nitrogens with one attached hydrogen (secondary N) is 1. The summed E-state index contributed by atoms with van der Waals surface area (Å²) in [6, 6.07) is 6.39. The van der Waals surface area contributed by atoms with E-state index < -0.39 is 10.0 Å². The Labute approximate surface area is 139 Å². The summed E-state index contributed by atoms with van der Waals surface area (Å²) in [6.07, 6.45) is 3.68. The summed E-state index contributed by atoms with van der Waals surface area (Å²) in [5.41, 5.74) is 0.379. The summed E-state index contributed by atoms with van der Waals surface area (Å²) in [5, 5.41) is 2.79. The van der Waals surface area contributed by atoms with E-state index in [2.05, 4.69) is 5.32 Å². The molecular weight excluding hydrogens is 312 g/mol. The number of piperidine rings is 1. The maximum atomic E-state index is 12.9. The van der Waals surface area contributed by atoms with E-state index in [1.54, 1.807) is 22.5 Å². The molecule has 0 aromatic heterocycles. The first kappa shape index (κ1) is 17.9. The number of rotatable bonds is 5. The molecule has 1 unspecified atom stereocenters. The highest BCUT2D eigenvalue weighted by Crippen LogP contribution is 2.27. The van der Waals surface area contributed by atoms with Gasteiger partial charge in [0.05, 0.1) is 4.90 Å². The molecule has 0 spiro atoms. The zero-order chi connectivity index (χ0) is 17.0.